The Bertz CT molecular complexity index is 391. The maximum atomic E-state index is 9.24. The van der Waals surface area contributed by atoms with Crippen LogP contribution in [-0.2, 0) is 5.41 Å². The van der Waals surface area contributed by atoms with Crippen LogP contribution < -0.4 is 5.73 Å². The van der Waals surface area contributed by atoms with Crippen LogP contribution in [0.5, 0.6) is 0 Å². The number of aliphatic hydroxyl groups excluding tert-OH is 1. The molecule has 0 amide bonds. The fourth-order valence-electron chi connectivity index (χ4n) is 2.41. The number of rotatable bonds is 3. The first kappa shape index (κ1) is 12.2. The molecule has 1 atom stereocenters. The SMILES string of the molecule is NC(CO)C1(c2ccc(Cl)c(Cl)c2)CCC1. The third-order valence-corrected chi connectivity index (χ3v) is 4.39. The maximum Gasteiger partial charge on any atom is 0.0595 e. The third kappa shape index (κ3) is 1.84. The molecular weight excluding hydrogens is 245 g/mol. The predicted molar refractivity (Wildman–Crippen MR) is 67.1 cm³/mol. The van der Waals surface area contributed by atoms with Gasteiger partial charge in [0.15, 0.2) is 0 Å². The highest BCUT2D eigenvalue weighted by Gasteiger charge is 2.43. The van der Waals surface area contributed by atoms with Crippen molar-refractivity contribution in [3.8, 4) is 0 Å². The summed E-state index contributed by atoms with van der Waals surface area (Å²) in [6.45, 7) is 0.000244. The molecule has 1 aromatic carbocycles. The summed E-state index contributed by atoms with van der Waals surface area (Å²) in [5.74, 6) is 0. The van der Waals surface area contributed by atoms with E-state index >= 15 is 0 Å². The Morgan fingerprint density at radius 1 is 1.31 bits per heavy atom. The van der Waals surface area contributed by atoms with Gasteiger partial charge in [-0.3, -0.25) is 0 Å². The first-order valence-electron chi connectivity index (χ1n) is 5.42. The molecule has 3 N–H and O–H groups in total. The van der Waals surface area contributed by atoms with E-state index in [2.05, 4.69) is 0 Å². The summed E-state index contributed by atoms with van der Waals surface area (Å²) in [7, 11) is 0. The molecule has 0 spiro atoms. The molecule has 88 valence electrons. The Labute approximate surface area is 105 Å². The molecule has 1 aromatic rings. The minimum atomic E-state index is -0.224. The standard InChI is InChI=1S/C12H15Cl2NO/c13-9-3-2-8(6-10(9)14)12(4-1-5-12)11(15)7-16/h2-3,6,11,16H,1,4-5,7,15H2. The van der Waals surface area contributed by atoms with Gasteiger partial charge >= 0.3 is 0 Å². The summed E-state index contributed by atoms with van der Waals surface area (Å²) in [5.41, 5.74) is 6.99. The number of hydrogen-bond acceptors (Lipinski definition) is 2. The number of halogens is 2. The van der Waals surface area contributed by atoms with Gasteiger partial charge in [-0.15, -0.1) is 0 Å². The van der Waals surface area contributed by atoms with Crippen molar-refractivity contribution >= 4 is 23.2 Å². The second-order valence-electron chi connectivity index (χ2n) is 4.43. The fourth-order valence-corrected chi connectivity index (χ4v) is 2.71. The van der Waals surface area contributed by atoms with Gasteiger partial charge in [-0.2, -0.15) is 0 Å². The summed E-state index contributed by atoms with van der Waals surface area (Å²) in [4.78, 5) is 0. The molecule has 1 aliphatic carbocycles. The number of nitrogens with two attached hydrogens (primary N) is 1. The monoisotopic (exact) mass is 259 g/mol. The van der Waals surface area contributed by atoms with E-state index in [1.807, 2.05) is 12.1 Å². The summed E-state index contributed by atoms with van der Waals surface area (Å²) in [6.07, 6.45) is 3.16. The van der Waals surface area contributed by atoms with Gasteiger partial charge in [-0.05, 0) is 30.5 Å². The van der Waals surface area contributed by atoms with Gasteiger partial charge in [-0.1, -0.05) is 35.7 Å². The highest BCUT2D eigenvalue weighted by atomic mass is 35.5. The molecule has 2 nitrogen and oxygen atoms in total. The van der Waals surface area contributed by atoms with E-state index in [9.17, 15) is 5.11 Å². The lowest BCUT2D eigenvalue weighted by Gasteiger charge is -2.46. The number of benzene rings is 1. The molecule has 0 radical (unpaired) electrons. The van der Waals surface area contributed by atoms with Crippen LogP contribution in [0.15, 0.2) is 18.2 Å². The van der Waals surface area contributed by atoms with Crippen LogP contribution in [0.1, 0.15) is 24.8 Å². The minimum Gasteiger partial charge on any atom is -0.395 e. The van der Waals surface area contributed by atoms with Crippen LogP contribution in [0.4, 0.5) is 0 Å². The van der Waals surface area contributed by atoms with Crippen molar-refractivity contribution in [3.63, 3.8) is 0 Å². The van der Waals surface area contributed by atoms with Crippen LogP contribution in [0, 0.1) is 0 Å². The normalized spacial score (nSPS) is 20.2. The van der Waals surface area contributed by atoms with Gasteiger partial charge < -0.3 is 10.8 Å². The van der Waals surface area contributed by atoms with Crippen LogP contribution in [0.25, 0.3) is 0 Å². The van der Waals surface area contributed by atoms with Crippen molar-refractivity contribution in [2.75, 3.05) is 6.61 Å². The summed E-state index contributed by atoms with van der Waals surface area (Å²) < 4.78 is 0. The lowest BCUT2D eigenvalue weighted by atomic mass is 9.60. The van der Waals surface area contributed by atoms with Gasteiger partial charge in [0, 0.05) is 11.5 Å². The Morgan fingerprint density at radius 2 is 2.00 bits per heavy atom. The quantitative estimate of drug-likeness (QED) is 0.877. The van der Waals surface area contributed by atoms with E-state index in [0.29, 0.717) is 10.0 Å². The fraction of sp³-hybridized carbons (Fsp3) is 0.500. The molecule has 2 rings (SSSR count). The highest BCUT2D eigenvalue weighted by Crippen LogP contribution is 2.46. The molecular formula is C12H15Cl2NO. The molecule has 0 aromatic heterocycles. The van der Waals surface area contributed by atoms with E-state index in [4.69, 9.17) is 28.9 Å². The number of hydrogen-bond donors (Lipinski definition) is 2. The Morgan fingerprint density at radius 3 is 2.44 bits per heavy atom. The molecule has 0 bridgehead atoms. The molecule has 0 saturated heterocycles. The lowest BCUT2D eigenvalue weighted by Crippen LogP contribution is -2.52. The van der Waals surface area contributed by atoms with Crippen LogP contribution in [0.2, 0.25) is 10.0 Å². The zero-order chi connectivity index (χ0) is 11.8. The second kappa shape index (κ2) is 4.53. The van der Waals surface area contributed by atoms with E-state index in [-0.39, 0.29) is 18.1 Å². The topological polar surface area (TPSA) is 46.2 Å². The smallest absolute Gasteiger partial charge is 0.0595 e. The van der Waals surface area contributed by atoms with Crippen molar-refractivity contribution in [1.82, 2.24) is 0 Å². The maximum absolute atomic E-state index is 9.24. The average Bonchev–Trinajstić information content (AvgIpc) is 2.21. The van der Waals surface area contributed by atoms with Gasteiger partial charge in [0.1, 0.15) is 0 Å². The Hall–Kier alpha value is -0.280. The number of aliphatic hydroxyl groups is 1. The minimum absolute atomic E-state index is 0.000244. The van der Waals surface area contributed by atoms with E-state index in [1.165, 1.54) is 0 Å². The second-order valence-corrected chi connectivity index (χ2v) is 5.24. The zero-order valence-corrected chi connectivity index (χ0v) is 10.4. The first-order chi connectivity index (χ1) is 7.60. The molecule has 0 heterocycles. The van der Waals surface area contributed by atoms with Crippen molar-refractivity contribution in [2.24, 2.45) is 5.73 Å². The van der Waals surface area contributed by atoms with E-state index in [1.54, 1.807) is 6.07 Å². The van der Waals surface area contributed by atoms with Crippen molar-refractivity contribution in [2.45, 2.75) is 30.7 Å². The molecule has 0 aliphatic heterocycles. The van der Waals surface area contributed by atoms with Gasteiger partial charge in [0.2, 0.25) is 0 Å². The molecule has 1 fully saturated rings. The summed E-state index contributed by atoms with van der Waals surface area (Å²) >= 11 is 11.9. The van der Waals surface area contributed by atoms with Crippen LogP contribution >= 0.6 is 23.2 Å². The van der Waals surface area contributed by atoms with Gasteiger partial charge in [0.25, 0.3) is 0 Å². The van der Waals surface area contributed by atoms with Crippen LogP contribution in [0.3, 0.4) is 0 Å². The summed E-state index contributed by atoms with van der Waals surface area (Å²) in [6, 6.07) is 5.41. The Kier molecular flexibility index (Phi) is 3.45. The van der Waals surface area contributed by atoms with Crippen LogP contribution in [-0.4, -0.2) is 17.8 Å². The van der Waals surface area contributed by atoms with Crippen molar-refractivity contribution in [1.29, 1.82) is 0 Å². The lowest BCUT2D eigenvalue weighted by molar-refractivity contribution is 0.136. The summed E-state index contributed by atoms with van der Waals surface area (Å²) in [5, 5.41) is 10.3. The van der Waals surface area contributed by atoms with E-state index < -0.39 is 0 Å². The molecule has 1 unspecified atom stereocenters. The first-order valence-corrected chi connectivity index (χ1v) is 6.18. The molecule has 1 aliphatic rings. The largest absolute Gasteiger partial charge is 0.395 e. The third-order valence-electron chi connectivity index (χ3n) is 3.65. The predicted octanol–water partition coefficient (Wildman–Crippen LogP) is 2.73. The van der Waals surface area contributed by atoms with Crippen molar-refractivity contribution < 1.29 is 5.11 Å². The average molecular weight is 260 g/mol. The molecule has 16 heavy (non-hydrogen) atoms. The van der Waals surface area contributed by atoms with E-state index in [0.717, 1.165) is 24.8 Å². The highest BCUT2D eigenvalue weighted by molar-refractivity contribution is 6.42. The Balaban J connectivity index is 2.37. The zero-order valence-electron chi connectivity index (χ0n) is 8.92. The van der Waals surface area contributed by atoms with Gasteiger partial charge in [0.05, 0.1) is 16.7 Å². The van der Waals surface area contributed by atoms with Gasteiger partial charge in [-0.25, -0.2) is 0 Å². The van der Waals surface area contributed by atoms with Crippen molar-refractivity contribution in [3.05, 3.63) is 33.8 Å². The molecule has 4 heteroatoms. The molecule has 1 saturated carbocycles.